The van der Waals surface area contributed by atoms with Crippen molar-refractivity contribution in [1.29, 1.82) is 0 Å². The molecule has 0 saturated carbocycles. The number of ether oxygens (including phenoxy) is 2. The largest absolute Gasteiger partial charge is 0.493 e. The summed E-state index contributed by atoms with van der Waals surface area (Å²) >= 11 is 3.67. The minimum Gasteiger partial charge on any atom is -0.493 e. The van der Waals surface area contributed by atoms with Gasteiger partial charge in [-0.3, -0.25) is 0 Å². The molecule has 1 unspecified atom stereocenters. The number of benzene rings is 1. The SMILES string of the molecule is COc1cc(Br)c2c(c1OC)C(CC(C)C)NCC2. The number of fused-ring (bicyclic) bond motifs is 1. The van der Waals surface area contributed by atoms with Crippen LogP contribution >= 0.6 is 15.9 Å². The molecule has 0 fully saturated rings. The van der Waals surface area contributed by atoms with Crippen LogP contribution in [-0.4, -0.2) is 20.8 Å². The van der Waals surface area contributed by atoms with Crippen LogP contribution in [0.2, 0.25) is 0 Å². The molecule has 1 aromatic carbocycles. The summed E-state index contributed by atoms with van der Waals surface area (Å²) in [6.45, 7) is 5.51. The highest BCUT2D eigenvalue weighted by molar-refractivity contribution is 9.10. The molecule has 2 rings (SSSR count). The number of hydrogen-bond donors (Lipinski definition) is 1. The van der Waals surface area contributed by atoms with Crippen LogP contribution in [-0.2, 0) is 6.42 Å². The van der Waals surface area contributed by atoms with E-state index < -0.39 is 0 Å². The molecule has 1 aliphatic heterocycles. The Morgan fingerprint density at radius 1 is 1.37 bits per heavy atom. The zero-order valence-electron chi connectivity index (χ0n) is 12.0. The minimum atomic E-state index is 0.338. The van der Waals surface area contributed by atoms with Crippen molar-refractivity contribution in [1.82, 2.24) is 5.32 Å². The van der Waals surface area contributed by atoms with Crippen LogP contribution in [0.25, 0.3) is 0 Å². The average Bonchev–Trinajstić information content (AvgIpc) is 2.38. The van der Waals surface area contributed by atoms with Crippen LogP contribution in [0.15, 0.2) is 10.5 Å². The number of hydrogen-bond acceptors (Lipinski definition) is 3. The number of halogens is 1. The van der Waals surface area contributed by atoms with E-state index in [2.05, 4.69) is 35.1 Å². The Bertz CT molecular complexity index is 460. The van der Waals surface area contributed by atoms with E-state index in [9.17, 15) is 0 Å². The van der Waals surface area contributed by atoms with Crippen molar-refractivity contribution in [2.75, 3.05) is 20.8 Å². The summed E-state index contributed by atoms with van der Waals surface area (Å²) in [6, 6.07) is 2.35. The lowest BCUT2D eigenvalue weighted by Gasteiger charge is -2.31. The van der Waals surface area contributed by atoms with Crippen LogP contribution in [0.1, 0.15) is 37.4 Å². The summed E-state index contributed by atoms with van der Waals surface area (Å²) in [5, 5.41) is 3.60. The van der Waals surface area contributed by atoms with E-state index >= 15 is 0 Å². The summed E-state index contributed by atoms with van der Waals surface area (Å²) in [6.07, 6.45) is 2.12. The van der Waals surface area contributed by atoms with E-state index in [-0.39, 0.29) is 0 Å². The Kier molecular flexibility index (Phi) is 4.74. The standard InChI is InChI=1S/C15H22BrNO2/c1-9(2)7-12-14-10(5-6-17-12)11(16)8-13(18-3)15(14)19-4/h8-9,12,17H,5-7H2,1-4H3. The van der Waals surface area contributed by atoms with Crippen LogP contribution in [0, 0.1) is 5.92 Å². The molecule has 19 heavy (non-hydrogen) atoms. The Hall–Kier alpha value is -0.740. The first kappa shape index (κ1) is 14.7. The third-order valence-electron chi connectivity index (χ3n) is 3.58. The van der Waals surface area contributed by atoms with Crippen molar-refractivity contribution in [3.05, 3.63) is 21.7 Å². The van der Waals surface area contributed by atoms with E-state index in [1.54, 1.807) is 14.2 Å². The van der Waals surface area contributed by atoms with Gasteiger partial charge in [0.2, 0.25) is 0 Å². The topological polar surface area (TPSA) is 30.5 Å². The molecule has 0 saturated heterocycles. The molecule has 106 valence electrons. The van der Waals surface area contributed by atoms with Gasteiger partial charge < -0.3 is 14.8 Å². The number of nitrogens with one attached hydrogen (secondary N) is 1. The Morgan fingerprint density at radius 3 is 2.68 bits per heavy atom. The van der Waals surface area contributed by atoms with Gasteiger partial charge in [-0.2, -0.15) is 0 Å². The summed E-state index contributed by atoms with van der Waals surface area (Å²) in [5.74, 6) is 2.31. The molecule has 0 aliphatic carbocycles. The van der Waals surface area contributed by atoms with E-state index in [0.29, 0.717) is 12.0 Å². The van der Waals surface area contributed by atoms with Crippen LogP contribution < -0.4 is 14.8 Å². The van der Waals surface area contributed by atoms with E-state index in [1.165, 1.54) is 11.1 Å². The molecule has 0 bridgehead atoms. The molecule has 1 aliphatic rings. The first-order chi connectivity index (χ1) is 9.08. The van der Waals surface area contributed by atoms with Gasteiger partial charge in [0, 0.05) is 16.1 Å². The summed E-state index contributed by atoms with van der Waals surface area (Å²) in [5.41, 5.74) is 2.61. The quantitative estimate of drug-likeness (QED) is 0.914. The van der Waals surface area contributed by atoms with Gasteiger partial charge in [0.25, 0.3) is 0 Å². The monoisotopic (exact) mass is 327 g/mol. The van der Waals surface area contributed by atoms with Crippen LogP contribution in [0.5, 0.6) is 11.5 Å². The van der Waals surface area contributed by atoms with Crippen molar-refractivity contribution in [3.63, 3.8) is 0 Å². The molecule has 1 heterocycles. The van der Waals surface area contributed by atoms with Crippen molar-refractivity contribution < 1.29 is 9.47 Å². The zero-order valence-corrected chi connectivity index (χ0v) is 13.6. The molecule has 0 spiro atoms. The lowest BCUT2D eigenvalue weighted by Crippen LogP contribution is -2.31. The maximum absolute atomic E-state index is 5.62. The van der Waals surface area contributed by atoms with Gasteiger partial charge in [0.05, 0.1) is 14.2 Å². The fourth-order valence-corrected chi connectivity index (χ4v) is 3.42. The van der Waals surface area contributed by atoms with E-state index in [4.69, 9.17) is 9.47 Å². The highest BCUT2D eigenvalue weighted by Crippen LogP contribution is 2.44. The Labute approximate surface area is 123 Å². The normalized spacial score (nSPS) is 18.3. The van der Waals surface area contributed by atoms with Crippen LogP contribution in [0.3, 0.4) is 0 Å². The molecule has 0 aromatic heterocycles. The lowest BCUT2D eigenvalue weighted by molar-refractivity contribution is 0.334. The first-order valence-electron chi connectivity index (χ1n) is 6.75. The summed E-state index contributed by atoms with van der Waals surface area (Å²) in [4.78, 5) is 0. The Balaban J connectivity index is 2.54. The summed E-state index contributed by atoms with van der Waals surface area (Å²) < 4.78 is 12.2. The second kappa shape index (κ2) is 6.14. The van der Waals surface area contributed by atoms with Crippen molar-refractivity contribution in [2.24, 2.45) is 5.92 Å². The molecular weight excluding hydrogens is 306 g/mol. The third kappa shape index (κ3) is 2.90. The van der Waals surface area contributed by atoms with Gasteiger partial charge >= 0.3 is 0 Å². The summed E-state index contributed by atoms with van der Waals surface area (Å²) in [7, 11) is 3.40. The first-order valence-corrected chi connectivity index (χ1v) is 7.54. The molecule has 0 amide bonds. The second-order valence-electron chi connectivity index (χ2n) is 5.37. The maximum Gasteiger partial charge on any atom is 0.165 e. The fourth-order valence-electron chi connectivity index (χ4n) is 2.80. The van der Waals surface area contributed by atoms with Crippen molar-refractivity contribution in [3.8, 4) is 11.5 Å². The molecule has 4 heteroatoms. The number of rotatable bonds is 4. The average molecular weight is 328 g/mol. The highest BCUT2D eigenvalue weighted by Gasteiger charge is 2.28. The molecular formula is C15H22BrNO2. The van der Waals surface area contributed by atoms with Gasteiger partial charge in [-0.1, -0.05) is 29.8 Å². The lowest BCUT2D eigenvalue weighted by atomic mass is 9.88. The van der Waals surface area contributed by atoms with Crippen molar-refractivity contribution in [2.45, 2.75) is 32.7 Å². The zero-order chi connectivity index (χ0) is 14.0. The van der Waals surface area contributed by atoms with Gasteiger partial charge in [-0.15, -0.1) is 0 Å². The molecule has 1 atom stereocenters. The van der Waals surface area contributed by atoms with Crippen LogP contribution in [0.4, 0.5) is 0 Å². The van der Waals surface area contributed by atoms with E-state index in [0.717, 1.165) is 35.4 Å². The maximum atomic E-state index is 5.62. The predicted molar refractivity (Wildman–Crippen MR) is 81.1 cm³/mol. The smallest absolute Gasteiger partial charge is 0.165 e. The molecule has 1 aromatic rings. The molecule has 3 nitrogen and oxygen atoms in total. The van der Waals surface area contributed by atoms with Crippen molar-refractivity contribution >= 4 is 15.9 Å². The molecule has 0 radical (unpaired) electrons. The third-order valence-corrected chi connectivity index (χ3v) is 4.29. The Morgan fingerprint density at radius 2 is 2.11 bits per heavy atom. The van der Waals surface area contributed by atoms with Gasteiger partial charge in [0.1, 0.15) is 0 Å². The van der Waals surface area contributed by atoms with E-state index in [1.807, 2.05) is 6.07 Å². The highest BCUT2D eigenvalue weighted by atomic mass is 79.9. The minimum absolute atomic E-state index is 0.338. The van der Waals surface area contributed by atoms with Gasteiger partial charge in [-0.05, 0) is 36.9 Å². The fraction of sp³-hybridized carbons (Fsp3) is 0.600. The number of methoxy groups -OCH3 is 2. The molecule has 1 N–H and O–H groups in total. The second-order valence-corrected chi connectivity index (χ2v) is 6.23. The predicted octanol–water partition coefficient (Wildman–Crippen LogP) is 3.70. The van der Waals surface area contributed by atoms with Gasteiger partial charge in [0.15, 0.2) is 11.5 Å². The van der Waals surface area contributed by atoms with Gasteiger partial charge in [-0.25, -0.2) is 0 Å².